The van der Waals surface area contributed by atoms with Gasteiger partial charge in [-0.3, -0.25) is 4.98 Å². The van der Waals surface area contributed by atoms with Crippen LogP contribution in [-0.4, -0.2) is 26.1 Å². The van der Waals surface area contributed by atoms with Gasteiger partial charge in [0.05, 0.1) is 5.52 Å². The third kappa shape index (κ3) is 2.01. The van der Waals surface area contributed by atoms with Crippen molar-refractivity contribution in [3.05, 3.63) is 29.5 Å². The number of nitrogens with one attached hydrogen (secondary N) is 1. The molecule has 0 aliphatic carbocycles. The van der Waals surface area contributed by atoms with Crippen molar-refractivity contribution in [1.29, 1.82) is 0 Å². The Morgan fingerprint density at radius 1 is 1.28 bits per heavy atom. The molecule has 0 unspecified atom stereocenters. The third-order valence-corrected chi connectivity index (χ3v) is 3.41. The minimum Gasteiger partial charge on any atom is -0.387 e. The predicted octanol–water partition coefficient (Wildman–Crippen LogP) is 3.21. The number of nitrogens with zero attached hydrogens (tertiary/aromatic N) is 2. The lowest BCUT2D eigenvalue weighted by Gasteiger charge is -2.17. The summed E-state index contributed by atoms with van der Waals surface area (Å²) in [5.41, 5.74) is 5.88. The molecule has 0 saturated carbocycles. The molecule has 18 heavy (non-hydrogen) atoms. The van der Waals surface area contributed by atoms with Crippen molar-refractivity contribution in [2.45, 2.75) is 20.3 Å². The Bertz CT molecular complexity index is 573. The number of rotatable bonds is 3. The maximum absolute atomic E-state index is 4.74. The molecular weight excluding hydrogens is 222 g/mol. The first-order valence-corrected chi connectivity index (χ1v) is 6.36. The molecule has 0 aliphatic rings. The zero-order chi connectivity index (χ0) is 13.3. The van der Waals surface area contributed by atoms with E-state index in [2.05, 4.69) is 56.4 Å². The van der Waals surface area contributed by atoms with Gasteiger partial charge in [0.1, 0.15) is 0 Å². The summed E-state index contributed by atoms with van der Waals surface area (Å²) in [5, 5.41) is 4.51. The zero-order valence-corrected chi connectivity index (χ0v) is 11.8. The molecule has 2 aromatic rings. The number of hydrogen-bond acceptors (Lipinski definition) is 3. The van der Waals surface area contributed by atoms with E-state index in [1.165, 1.54) is 28.0 Å². The first kappa shape index (κ1) is 12.7. The maximum atomic E-state index is 4.74. The smallest absolute Gasteiger partial charge is 0.0727 e. The van der Waals surface area contributed by atoms with Crippen molar-refractivity contribution >= 4 is 22.3 Å². The molecule has 0 fully saturated rings. The molecule has 0 bridgehead atoms. The van der Waals surface area contributed by atoms with E-state index in [1.807, 2.05) is 7.05 Å². The Kier molecular flexibility index (Phi) is 3.41. The number of hydrogen-bond donors (Lipinski definition) is 1. The molecule has 3 heteroatoms. The Morgan fingerprint density at radius 2 is 2.00 bits per heavy atom. The Hall–Kier alpha value is -1.77. The summed E-state index contributed by atoms with van der Waals surface area (Å²) in [6.45, 7) is 4.29. The van der Waals surface area contributed by atoms with Crippen molar-refractivity contribution < 1.29 is 0 Å². The van der Waals surface area contributed by atoms with E-state index in [0.29, 0.717) is 0 Å². The molecule has 1 heterocycles. The van der Waals surface area contributed by atoms with Crippen LogP contribution in [0.4, 0.5) is 11.4 Å². The summed E-state index contributed by atoms with van der Waals surface area (Å²) in [7, 11) is 6.09. The van der Waals surface area contributed by atoms with Gasteiger partial charge >= 0.3 is 0 Å². The second-order valence-corrected chi connectivity index (χ2v) is 4.76. The summed E-state index contributed by atoms with van der Waals surface area (Å²) >= 11 is 0. The van der Waals surface area contributed by atoms with Gasteiger partial charge < -0.3 is 10.2 Å². The highest BCUT2D eigenvalue weighted by atomic mass is 15.1. The van der Waals surface area contributed by atoms with Gasteiger partial charge in [-0.25, -0.2) is 0 Å². The summed E-state index contributed by atoms with van der Waals surface area (Å²) < 4.78 is 0. The molecule has 1 aromatic carbocycles. The van der Waals surface area contributed by atoms with E-state index < -0.39 is 0 Å². The van der Waals surface area contributed by atoms with Gasteiger partial charge in [-0.15, -0.1) is 0 Å². The van der Waals surface area contributed by atoms with Gasteiger partial charge in [0.2, 0.25) is 0 Å². The fourth-order valence-electron chi connectivity index (χ4n) is 2.34. The fraction of sp³-hybridized carbons (Fsp3) is 0.400. The van der Waals surface area contributed by atoms with Crippen LogP contribution in [0, 0.1) is 6.92 Å². The molecule has 3 nitrogen and oxygen atoms in total. The highest BCUT2D eigenvalue weighted by molar-refractivity contribution is 5.95. The molecule has 0 radical (unpaired) electrons. The first-order chi connectivity index (χ1) is 8.58. The number of aromatic nitrogens is 1. The van der Waals surface area contributed by atoms with E-state index in [-0.39, 0.29) is 0 Å². The van der Waals surface area contributed by atoms with E-state index in [4.69, 9.17) is 4.98 Å². The Labute approximate surface area is 109 Å². The minimum absolute atomic E-state index is 0.964. The van der Waals surface area contributed by atoms with Gasteiger partial charge in [-0.2, -0.15) is 0 Å². The number of anilines is 2. The predicted molar refractivity (Wildman–Crippen MR) is 79.7 cm³/mol. The molecule has 0 spiro atoms. The van der Waals surface area contributed by atoms with Gasteiger partial charge in [0.15, 0.2) is 0 Å². The molecular formula is C15H21N3. The van der Waals surface area contributed by atoms with Gasteiger partial charge in [0.25, 0.3) is 0 Å². The van der Waals surface area contributed by atoms with Crippen molar-refractivity contribution in [2.75, 3.05) is 31.4 Å². The van der Waals surface area contributed by atoms with Crippen LogP contribution in [0.3, 0.4) is 0 Å². The standard InChI is InChI=1S/C15H21N3/c1-6-13-10(2)15(16-3)12-9-11(18(4)5)7-8-14(12)17-13/h7-9H,6H2,1-5H3,(H,16,17). The summed E-state index contributed by atoms with van der Waals surface area (Å²) in [6.07, 6.45) is 0.964. The lowest BCUT2D eigenvalue weighted by Crippen LogP contribution is -2.09. The third-order valence-electron chi connectivity index (χ3n) is 3.41. The van der Waals surface area contributed by atoms with Crippen LogP contribution in [0.1, 0.15) is 18.2 Å². The van der Waals surface area contributed by atoms with Crippen LogP contribution < -0.4 is 10.2 Å². The monoisotopic (exact) mass is 243 g/mol. The molecule has 1 aromatic heterocycles. The molecule has 2 rings (SSSR count). The quantitative estimate of drug-likeness (QED) is 0.897. The summed E-state index contributed by atoms with van der Waals surface area (Å²) in [4.78, 5) is 6.86. The van der Waals surface area contributed by atoms with Crippen molar-refractivity contribution in [3.8, 4) is 0 Å². The normalized spacial score (nSPS) is 10.7. The fourth-order valence-corrected chi connectivity index (χ4v) is 2.34. The molecule has 96 valence electrons. The Morgan fingerprint density at radius 3 is 2.56 bits per heavy atom. The largest absolute Gasteiger partial charge is 0.387 e. The van der Waals surface area contributed by atoms with Crippen molar-refractivity contribution in [3.63, 3.8) is 0 Å². The average Bonchev–Trinajstić information content (AvgIpc) is 2.37. The number of fused-ring (bicyclic) bond motifs is 1. The number of pyridine rings is 1. The van der Waals surface area contributed by atoms with E-state index in [0.717, 1.165) is 11.9 Å². The lowest BCUT2D eigenvalue weighted by molar-refractivity contribution is 1.03. The zero-order valence-electron chi connectivity index (χ0n) is 11.8. The first-order valence-electron chi connectivity index (χ1n) is 6.36. The second-order valence-electron chi connectivity index (χ2n) is 4.76. The van der Waals surface area contributed by atoms with Crippen LogP contribution in [0.5, 0.6) is 0 Å². The second kappa shape index (κ2) is 4.84. The lowest BCUT2D eigenvalue weighted by atomic mass is 10.0. The van der Waals surface area contributed by atoms with Gasteiger partial charge in [-0.05, 0) is 37.1 Å². The van der Waals surface area contributed by atoms with Crippen LogP contribution in [-0.2, 0) is 6.42 Å². The summed E-state index contributed by atoms with van der Waals surface area (Å²) in [5.74, 6) is 0. The van der Waals surface area contributed by atoms with Gasteiger partial charge in [-0.1, -0.05) is 6.92 Å². The molecule has 1 N–H and O–H groups in total. The molecule has 0 amide bonds. The topological polar surface area (TPSA) is 28.2 Å². The average molecular weight is 243 g/mol. The molecule has 0 aliphatic heterocycles. The number of aryl methyl sites for hydroxylation is 1. The van der Waals surface area contributed by atoms with E-state index >= 15 is 0 Å². The highest BCUT2D eigenvalue weighted by Gasteiger charge is 2.10. The summed E-state index contributed by atoms with van der Waals surface area (Å²) in [6, 6.07) is 6.41. The van der Waals surface area contributed by atoms with Crippen LogP contribution in [0.25, 0.3) is 10.9 Å². The van der Waals surface area contributed by atoms with E-state index in [1.54, 1.807) is 0 Å². The van der Waals surface area contributed by atoms with Crippen LogP contribution in [0.15, 0.2) is 18.2 Å². The van der Waals surface area contributed by atoms with Crippen molar-refractivity contribution in [1.82, 2.24) is 4.98 Å². The SMILES string of the molecule is CCc1nc2ccc(N(C)C)cc2c(NC)c1C. The van der Waals surface area contributed by atoms with Gasteiger partial charge in [0, 0.05) is 43.6 Å². The van der Waals surface area contributed by atoms with Crippen LogP contribution >= 0.6 is 0 Å². The van der Waals surface area contributed by atoms with Crippen LogP contribution in [0.2, 0.25) is 0 Å². The highest BCUT2D eigenvalue weighted by Crippen LogP contribution is 2.30. The van der Waals surface area contributed by atoms with E-state index in [9.17, 15) is 0 Å². The number of benzene rings is 1. The Balaban J connectivity index is 2.77. The van der Waals surface area contributed by atoms with Crippen molar-refractivity contribution in [2.24, 2.45) is 0 Å². The maximum Gasteiger partial charge on any atom is 0.0727 e. The molecule has 0 saturated heterocycles. The minimum atomic E-state index is 0.964. The molecule has 0 atom stereocenters.